The molecule has 8 fully saturated rings. The average molecular weight is 1100 g/mol. The molecule has 0 aromatic rings. The molecule has 9 rings (SSSR count). The highest BCUT2D eigenvalue weighted by molar-refractivity contribution is 5.79. The highest BCUT2D eigenvalue weighted by atomic mass is 16.8. The summed E-state index contributed by atoms with van der Waals surface area (Å²) in [5.74, 6) is -1.58. The molecule has 27 atom stereocenters. The van der Waals surface area contributed by atoms with Crippen LogP contribution >= 0.6 is 0 Å². The van der Waals surface area contributed by atoms with Gasteiger partial charge in [-0.1, -0.05) is 60.1 Å². The van der Waals surface area contributed by atoms with Crippen LogP contribution < -0.4 is 0 Å². The monoisotopic (exact) mass is 1100 g/mol. The summed E-state index contributed by atoms with van der Waals surface area (Å²) in [6, 6.07) is 0. The van der Waals surface area contributed by atoms with Gasteiger partial charge >= 0.3 is 11.9 Å². The van der Waals surface area contributed by atoms with Crippen molar-refractivity contribution in [1.82, 2.24) is 0 Å². The van der Waals surface area contributed by atoms with Crippen LogP contribution in [-0.4, -0.2) is 223 Å². The third kappa shape index (κ3) is 9.76. The Labute approximate surface area is 448 Å². The van der Waals surface area contributed by atoms with Gasteiger partial charge in [-0.05, 0) is 109 Å². The molecule has 23 heteroatoms. The summed E-state index contributed by atoms with van der Waals surface area (Å²) in [7, 11) is 1.08. The van der Waals surface area contributed by atoms with E-state index in [4.69, 9.17) is 42.6 Å². The van der Waals surface area contributed by atoms with E-state index in [1.165, 1.54) is 5.57 Å². The molecule has 440 valence electrons. The fourth-order valence-electron chi connectivity index (χ4n) is 16.3. The molecule has 77 heavy (non-hydrogen) atoms. The zero-order valence-corrected chi connectivity index (χ0v) is 45.4. The van der Waals surface area contributed by atoms with Gasteiger partial charge in [-0.3, -0.25) is 4.79 Å². The molecule has 4 saturated heterocycles. The normalized spacial score (nSPS) is 52.4. The fraction of sp³-hybridized carbons (Fsp3) is 0.926. The van der Waals surface area contributed by atoms with Crippen LogP contribution in [0.1, 0.15) is 113 Å². The zero-order chi connectivity index (χ0) is 56.3. The molecule has 0 bridgehead atoms. The Kier molecular flexibility index (Phi) is 16.7. The third-order valence-corrected chi connectivity index (χ3v) is 21.2. The van der Waals surface area contributed by atoms with Crippen molar-refractivity contribution in [3.05, 3.63) is 11.6 Å². The minimum Gasteiger partial charge on any atom is -0.467 e. The smallest absolute Gasteiger partial charge is 0.337 e. The molecule has 0 aromatic heterocycles. The Morgan fingerprint density at radius 2 is 1.21 bits per heavy atom. The lowest BCUT2D eigenvalue weighted by Gasteiger charge is -2.71. The first kappa shape index (κ1) is 59.5. The van der Waals surface area contributed by atoms with Gasteiger partial charge in [-0.2, -0.15) is 0 Å². The van der Waals surface area contributed by atoms with Crippen molar-refractivity contribution >= 4 is 11.9 Å². The summed E-state index contributed by atoms with van der Waals surface area (Å²) in [6.07, 6.45) is -23.9. The number of rotatable bonds is 11. The zero-order valence-electron chi connectivity index (χ0n) is 45.4. The summed E-state index contributed by atoms with van der Waals surface area (Å²) in [6.45, 7) is 13.8. The van der Waals surface area contributed by atoms with Crippen molar-refractivity contribution < 1.29 is 113 Å². The van der Waals surface area contributed by atoms with Crippen molar-refractivity contribution in [3.63, 3.8) is 0 Å². The summed E-state index contributed by atoms with van der Waals surface area (Å²) in [5.41, 5.74) is -1.33. The van der Waals surface area contributed by atoms with Gasteiger partial charge in [0, 0.05) is 0 Å². The van der Waals surface area contributed by atoms with Crippen molar-refractivity contribution in [1.29, 1.82) is 0 Å². The second-order valence-electron chi connectivity index (χ2n) is 26.0. The maximum absolute atomic E-state index is 14.8. The first-order chi connectivity index (χ1) is 36.0. The Morgan fingerprint density at radius 3 is 1.84 bits per heavy atom. The number of methoxy groups -OCH3 is 1. The predicted octanol–water partition coefficient (Wildman–Crippen LogP) is -1.22. The fourth-order valence-corrected chi connectivity index (χ4v) is 16.3. The molecule has 4 aliphatic heterocycles. The summed E-state index contributed by atoms with van der Waals surface area (Å²) in [4.78, 5) is 28.2. The largest absolute Gasteiger partial charge is 0.467 e. The number of hydrogen-bond acceptors (Lipinski definition) is 23. The third-order valence-electron chi connectivity index (χ3n) is 21.2. The maximum atomic E-state index is 14.8. The van der Waals surface area contributed by atoms with Crippen LogP contribution in [0.5, 0.6) is 0 Å². The van der Waals surface area contributed by atoms with Crippen LogP contribution in [-0.2, 0) is 52.2 Å². The van der Waals surface area contributed by atoms with E-state index in [1.807, 2.05) is 0 Å². The number of fused-ring (bicyclic) bond motifs is 7. The molecule has 23 nitrogen and oxygen atoms in total. The quantitative estimate of drug-likeness (QED) is 0.0656. The number of esters is 2. The molecular formula is C54H86O23. The predicted molar refractivity (Wildman–Crippen MR) is 262 cm³/mol. The second-order valence-corrected chi connectivity index (χ2v) is 26.0. The number of carbonyl (C=O) groups is 2. The van der Waals surface area contributed by atoms with E-state index < -0.39 is 165 Å². The first-order valence-corrected chi connectivity index (χ1v) is 27.6. The van der Waals surface area contributed by atoms with Gasteiger partial charge in [0.05, 0.1) is 38.4 Å². The van der Waals surface area contributed by atoms with Gasteiger partial charge in [-0.15, -0.1) is 0 Å². The standard InChI is InChI=1S/C54H86O23/c1-49(2)15-17-54(48(68)77-46-38(65)35(62)33(60)27(21-56)72-46)18-16-52(6)23(24(54)19-49)9-10-29-51(5)13-12-30(50(3,4)28(51)11-14-53(29,52)7)73-47-42(76-44-36(63)31(58)25(57)22-70-44)40(39(66)41(75-47)43(67)69-8)74-45-37(64)34(61)32(59)26(20-55)71-45/h9,24-42,44-47,55-66H,10-22H2,1-8H3/t24-,25-,26+,27+,28-,29+,30-,31-,32+,33+,34-,35-,36+,37+,38+,39-,40-,41-,42+,44-,45-,46-,47+,51-,52+,53+,54-/m0/s1. The number of ether oxygens (including phenoxy) is 9. The minimum atomic E-state index is -1.97. The number of aliphatic hydroxyl groups excluding tert-OH is 12. The van der Waals surface area contributed by atoms with E-state index >= 15 is 0 Å². The van der Waals surface area contributed by atoms with Crippen LogP contribution in [0.3, 0.4) is 0 Å². The average Bonchev–Trinajstić information content (AvgIpc) is 3.44. The molecule has 0 aromatic carbocycles. The molecule has 4 heterocycles. The number of carbonyl (C=O) groups excluding carboxylic acids is 2. The van der Waals surface area contributed by atoms with Crippen LogP contribution in [0, 0.1) is 50.2 Å². The van der Waals surface area contributed by atoms with Crippen LogP contribution in [0.2, 0.25) is 0 Å². The van der Waals surface area contributed by atoms with E-state index in [0.717, 1.165) is 39.2 Å². The molecule has 0 radical (unpaired) electrons. The van der Waals surface area contributed by atoms with Gasteiger partial charge in [0.25, 0.3) is 0 Å². The van der Waals surface area contributed by atoms with Crippen molar-refractivity contribution in [3.8, 4) is 0 Å². The number of aliphatic hydroxyl groups is 12. The summed E-state index contributed by atoms with van der Waals surface area (Å²) < 4.78 is 53.8. The van der Waals surface area contributed by atoms with Crippen molar-refractivity contribution in [2.75, 3.05) is 26.9 Å². The molecule has 12 N–H and O–H groups in total. The molecule has 0 spiro atoms. The van der Waals surface area contributed by atoms with Gasteiger partial charge in [0.2, 0.25) is 6.29 Å². The highest BCUT2D eigenvalue weighted by Crippen LogP contribution is 2.76. The lowest BCUT2D eigenvalue weighted by molar-refractivity contribution is -0.391. The van der Waals surface area contributed by atoms with E-state index in [9.17, 15) is 70.9 Å². The van der Waals surface area contributed by atoms with E-state index in [2.05, 4.69) is 54.5 Å². The highest BCUT2D eigenvalue weighted by Gasteiger charge is 2.70. The number of allylic oxidation sites excluding steroid dienone is 2. The molecule has 4 saturated carbocycles. The van der Waals surface area contributed by atoms with Gasteiger partial charge < -0.3 is 104 Å². The van der Waals surface area contributed by atoms with E-state index in [-0.39, 0.29) is 39.4 Å². The van der Waals surface area contributed by atoms with Gasteiger partial charge in [0.1, 0.15) is 85.5 Å². The Bertz CT molecular complexity index is 2160. The second kappa shape index (κ2) is 21.6. The van der Waals surface area contributed by atoms with Gasteiger partial charge in [-0.25, -0.2) is 4.79 Å². The Morgan fingerprint density at radius 1 is 0.610 bits per heavy atom. The molecular weight excluding hydrogens is 1020 g/mol. The maximum Gasteiger partial charge on any atom is 0.337 e. The molecule has 0 unspecified atom stereocenters. The van der Waals surface area contributed by atoms with Crippen molar-refractivity contribution in [2.24, 2.45) is 50.2 Å². The molecule has 9 aliphatic rings. The van der Waals surface area contributed by atoms with E-state index in [1.54, 1.807) is 0 Å². The van der Waals surface area contributed by atoms with Crippen molar-refractivity contribution in [2.45, 2.75) is 235 Å². The molecule has 0 amide bonds. The topological polar surface area (TPSA) is 360 Å². The van der Waals surface area contributed by atoms with Crippen LogP contribution in [0.4, 0.5) is 0 Å². The minimum absolute atomic E-state index is 0.0291. The summed E-state index contributed by atoms with van der Waals surface area (Å²) >= 11 is 0. The summed E-state index contributed by atoms with van der Waals surface area (Å²) in [5, 5.41) is 128. The SMILES string of the molecule is COC(=O)[C@H]1O[C@@H](O[C@H]2CC[C@]3(C)[C@H]4CC=C5[C@@H]6CC(C)(C)CC[C@]6(C(=O)O[C@@H]6O[C@H](CO)[C@@H](O)[C@H](O)[C@H]6O)CC[C@@]5(C)[C@]4(C)CC[C@H]3C2(C)C)[C@H](O[C@@H]2OC[C@H](O)[C@H](O)[C@H]2O)[C@@H](O[C@@H]2O[C@H](CO)[C@@H](O)[C@H](O)[C@H]2O)[C@@H]1O. The first-order valence-electron chi connectivity index (χ1n) is 27.6. The lowest BCUT2D eigenvalue weighted by atomic mass is 9.33. The number of hydrogen-bond donors (Lipinski definition) is 12. The molecule has 5 aliphatic carbocycles. The lowest BCUT2D eigenvalue weighted by Crippen LogP contribution is -2.68. The Balaban J connectivity index is 1.00. The van der Waals surface area contributed by atoms with Gasteiger partial charge in [0.15, 0.2) is 25.0 Å². The van der Waals surface area contributed by atoms with E-state index in [0.29, 0.717) is 32.1 Å². The van der Waals surface area contributed by atoms with Crippen LogP contribution in [0.25, 0.3) is 0 Å². The Hall–Kier alpha value is -2.08. The van der Waals surface area contributed by atoms with Crippen LogP contribution in [0.15, 0.2) is 11.6 Å².